The highest BCUT2D eigenvalue weighted by atomic mass is 19.1. The molecular formula is C14H19F2N3O. The highest BCUT2D eigenvalue weighted by Gasteiger charge is 2.23. The van der Waals surface area contributed by atoms with Gasteiger partial charge in [0.05, 0.1) is 6.54 Å². The van der Waals surface area contributed by atoms with E-state index in [1.165, 1.54) is 12.1 Å². The number of nitrogens with one attached hydrogen (secondary N) is 1. The second-order valence-electron chi connectivity index (χ2n) is 5.09. The Kier molecular flexibility index (Phi) is 5.03. The lowest BCUT2D eigenvalue weighted by molar-refractivity contribution is -0.120. The number of piperidine rings is 1. The van der Waals surface area contributed by atoms with Crippen LogP contribution in [0.5, 0.6) is 0 Å². The van der Waals surface area contributed by atoms with E-state index in [1.807, 2.05) is 4.90 Å². The maximum Gasteiger partial charge on any atom is 0.231 e. The van der Waals surface area contributed by atoms with E-state index < -0.39 is 17.5 Å². The molecule has 1 saturated heterocycles. The summed E-state index contributed by atoms with van der Waals surface area (Å²) in [5, 5.41) is 3.24. The third-order valence-corrected chi connectivity index (χ3v) is 3.57. The number of halogens is 2. The van der Waals surface area contributed by atoms with Gasteiger partial charge in [0.2, 0.25) is 5.91 Å². The highest BCUT2D eigenvalue weighted by molar-refractivity contribution is 5.75. The average Bonchev–Trinajstić information content (AvgIpc) is 2.41. The first-order chi connectivity index (χ1) is 9.56. The minimum atomic E-state index is -0.602. The summed E-state index contributed by atoms with van der Waals surface area (Å²) < 4.78 is 26.6. The molecule has 1 aromatic rings. The lowest BCUT2D eigenvalue weighted by Crippen LogP contribution is -2.46. The summed E-state index contributed by atoms with van der Waals surface area (Å²) in [5.41, 5.74) is 5.65. The standard InChI is InChI=1S/C14H19F2N3O/c15-11-2-1-10(13(16)7-11)8-19(9-14(17)20)12-3-5-18-6-4-12/h1-2,7,12,18H,3-6,8-9H2,(H2,17,20). The molecule has 0 atom stereocenters. The van der Waals surface area contributed by atoms with Gasteiger partial charge in [0, 0.05) is 24.2 Å². The van der Waals surface area contributed by atoms with Gasteiger partial charge < -0.3 is 11.1 Å². The van der Waals surface area contributed by atoms with Crippen molar-refractivity contribution in [2.45, 2.75) is 25.4 Å². The lowest BCUT2D eigenvalue weighted by Gasteiger charge is -2.33. The summed E-state index contributed by atoms with van der Waals surface area (Å²) in [4.78, 5) is 13.1. The van der Waals surface area contributed by atoms with Crippen molar-refractivity contribution in [3.05, 3.63) is 35.4 Å². The molecule has 1 amide bonds. The molecule has 110 valence electrons. The fraction of sp³-hybridized carbons (Fsp3) is 0.500. The molecule has 0 spiro atoms. The van der Waals surface area contributed by atoms with E-state index in [2.05, 4.69) is 5.32 Å². The SMILES string of the molecule is NC(=O)CN(Cc1ccc(F)cc1F)C1CCNCC1. The molecule has 2 rings (SSSR count). The van der Waals surface area contributed by atoms with E-state index in [0.29, 0.717) is 5.56 Å². The highest BCUT2D eigenvalue weighted by Crippen LogP contribution is 2.18. The monoisotopic (exact) mass is 283 g/mol. The summed E-state index contributed by atoms with van der Waals surface area (Å²) >= 11 is 0. The van der Waals surface area contributed by atoms with Gasteiger partial charge in [-0.05, 0) is 32.0 Å². The molecule has 0 aliphatic carbocycles. The Hall–Kier alpha value is -1.53. The first-order valence-corrected chi connectivity index (χ1v) is 6.73. The maximum absolute atomic E-state index is 13.7. The fourth-order valence-electron chi connectivity index (χ4n) is 2.55. The third-order valence-electron chi connectivity index (χ3n) is 3.57. The van der Waals surface area contributed by atoms with Gasteiger partial charge in [0.1, 0.15) is 11.6 Å². The van der Waals surface area contributed by atoms with E-state index >= 15 is 0 Å². The van der Waals surface area contributed by atoms with Gasteiger partial charge in [-0.1, -0.05) is 6.07 Å². The Balaban J connectivity index is 2.11. The van der Waals surface area contributed by atoms with Crippen molar-refractivity contribution in [3.63, 3.8) is 0 Å². The molecule has 0 radical (unpaired) electrons. The molecule has 0 bridgehead atoms. The van der Waals surface area contributed by atoms with E-state index in [0.717, 1.165) is 32.0 Å². The Labute approximate surface area is 116 Å². The minimum Gasteiger partial charge on any atom is -0.369 e. The zero-order chi connectivity index (χ0) is 14.5. The maximum atomic E-state index is 13.7. The zero-order valence-electron chi connectivity index (χ0n) is 11.2. The van der Waals surface area contributed by atoms with Crippen LogP contribution in [0.3, 0.4) is 0 Å². The van der Waals surface area contributed by atoms with E-state index in [1.54, 1.807) is 0 Å². The summed E-state index contributed by atoms with van der Waals surface area (Å²) in [6.45, 7) is 2.08. The Morgan fingerprint density at radius 2 is 2.05 bits per heavy atom. The van der Waals surface area contributed by atoms with Crippen LogP contribution in [-0.2, 0) is 11.3 Å². The molecule has 0 saturated carbocycles. The van der Waals surface area contributed by atoms with Gasteiger partial charge in [-0.3, -0.25) is 9.69 Å². The smallest absolute Gasteiger partial charge is 0.231 e. The lowest BCUT2D eigenvalue weighted by atomic mass is 10.0. The van der Waals surface area contributed by atoms with Crippen molar-refractivity contribution in [1.82, 2.24) is 10.2 Å². The van der Waals surface area contributed by atoms with Crippen molar-refractivity contribution in [3.8, 4) is 0 Å². The second kappa shape index (κ2) is 6.76. The average molecular weight is 283 g/mol. The van der Waals surface area contributed by atoms with Crippen LogP contribution >= 0.6 is 0 Å². The molecule has 20 heavy (non-hydrogen) atoms. The van der Waals surface area contributed by atoms with E-state index in [4.69, 9.17) is 5.73 Å². The van der Waals surface area contributed by atoms with Crippen molar-refractivity contribution in [2.75, 3.05) is 19.6 Å². The quantitative estimate of drug-likeness (QED) is 0.848. The third kappa shape index (κ3) is 3.98. The van der Waals surface area contributed by atoms with Crippen LogP contribution in [-0.4, -0.2) is 36.5 Å². The van der Waals surface area contributed by atoms with Crippen LogP contribution in [0.4, 0.5) is 8.78 Å². The normalized spacial score (nSPS) is 16.6. The van der Waals surface area contributed by atoms with Crippen molar-refractivity contribution in [2.24, 2.45) is 5.73 Å². The zero-order valence-corrected chi connectivity index (χ0v) is 11.2. The molecular weight excluding hydrogens is 264 g/mol. The van der Waals surface area contributed by atoms with Crippen molar-refractivity contribution < 1.29 is 13.6 Å². The first-order valence-electron chi connectivity index (χ1n) is 6.73. The van der Waals surface area contributed by atoms with Gasteiger partial charge in [0.25, 0.3) is 0 Å². The van der Waals surface area contributed by atoms with Crippen LogP contribution in [0.1, 0.15) is 18.4 Å². The van der Waals surface area contributed by atoms with E-state index in [-0.39, 0.29) is 19.1 Å². The largest absolute Gasteiger partial charge is 0.369 e. The summed E-state index contributed by atoms with van der Waals surface area (Å²) in [5.74, 6) is -1.63. The Morgan fingerprint density at radius 3 is 2.65 bits per heavy atom. The Bertz CT molecular complexity index is 475. The van der Waals surface area contributed by atoms with Gasteiger partial charge in [-0.15, -0.1) is 0 Å². The molecule has 1 fully saturated rings. The molecule has 0 aromatic heterocycles. The summed E-state index contributed by atoms with van der Waals surface area (Å²) in [6, 6.07) is 3.69. The number of nitrogens with zero attached hydrogens (tertiary/aromatic N) is 1. The molecule has 1 aliphatic rings. The number of nitrogens with two attached hydrogens (primary N) is 1. The number of primary amides is 1. The molecule has 1 heterocycles. The molecule has 1 aliphatic heterocycles. The van der Waals surface area contributed by atoms with Crippen LogP contribution in [0.25, 0.3) is 0 Å². The van der Waals surface area contributed by atoms with Crippen LogP contribution in [0.15, 0.2) is 18.2 Å². The number of hydrogen-bond acceptors (Lipinski definition) is 3. The molecule has 1 aromatic carbocycles. The number of amides is 1. The number of benzene rings is 1. The molecule has 4 nitrogen and oxygen atoms in total. The molecule has 3 N–H and O–H groups in total. The number of rotatable bonds is 5. The predicted molar refractivity (Wildman–Crippen MR) is 71.9 cm³/mol. The van der Waals surface area contributed by atoms with Gasteiger partial charge in [-0.2, -0.15) is 0 Å². The summed E-state index contributed by atoms with van der Waals surface area (Å²) in [6.07, 6.45) is 1.77. The topological polar surface area (TPSA) is 58.4 Å². The van der Waals surface area contributed by atoms with E-state index in [9.17, 15) is 13.6 Å². The van der Waals surface area contributed by atoms with Crippen LogP contribution in [0, 0.1) is 11.6 Å². The first kappa shape index (κ1) is 14.9. The molecule has 0 unspecified atom stereocenters. The number of carbonyl (C=O) groups excluding carboxylic acids is 1. The predicted octanol–water partition coefficient (Wildman–Crippen LogP) is 1.00. The van der Waals surface area contributed by atoms with Crippen LogP contribution < -0.4 is 11.1 Å². The number of carbonyl (C=O) groups is 1. The van der Waals surface area contributed by atoms with Crippen molar-refractivity contribution >= 4 is 5.91 Å². The number of hydrogen-bond donors (Lipinski definition) is 2. The van der Waals surface area contributed by atoms with Crippen molar-refractivity contribution in [1.29, 1.82) is 0 Å². The molecule has 6 heteroatoms. The summed E-state index contributed by atoms with van der Waals surface area (Å²) in [7, 11) is 0. The van der Waals surface area contributed by atoms with Gasteiger partial charge >= 0.3 is 0 Å². The Morgan fingerprint density at radius 1 is 1.35 bits per heavy atom. The minimum absolute atomic E-state index is 0.0848. The van der Waals surface area contributed by atoms with Gasteiger partial charge in [-0.25, -0.2) is 8.78 Å². The van der Waals surface area contributed by atoms with Gasteiger partial charge in [0.15, 0.2) is 0 Å². The van der Waals surface area contributed by atoms with Crippen LogP contribution in [0.2, 0.25) is 0 Å². The fourth-order valence-corrected chi connectivity index (χ4v) is 2.55. The second-order valence-corrected chi connectivity index (χ2v) is 5.09.